The highest BCUT2D eigenvalue weighted by Crippen LogP contribution is 2.43. The van der Waals surface area contributed by atoms with Gasteiger partial charge < -0.3 is 9.88 Å². The number of aromatic nitrogens is 1. The molecule has 0 bridgehead atoms. The van der Waals surface area contributed by atoms with Crippen molar-refractivity contribution < 1.29 is 9.18 Å². The summed E-state index contributed by atoms with van der Waals surface area (Å²) < 4.78 is 13.8. The van der Waals surface area contributed by atoms with Crippen LogP contribution >= 0.6 is 15.9 Å². The second-order valence-corrected chi connectivity index (χ2v) is 8.79. The van der Waals surface area contributed by atoms with Crippen LogP contribution in [0.25, 0.3) is 16.5 Å². The first-order valence-corrected chi connectivity index (χ1v) is 11.5. The van der Waals surface area contributed by atoms with Gasteiger partial charge in [0.05, 0.1) is 17.2 Å². The second-order valence-electron chi connectivity index (χ2n) is 8.00. The van der Waals surface area contributed by atoms with Gasteiger partial charge in [0.25, 0.3) is 0 Å². The Balaban J connectivity index is 1.77. The van der Waals surface area contributed by atoms with Gasteiger partial charge in [-0.05, 0) is 78.4 Å². The summed E-state index contributed by atoms with van der Waals surface area (Å²) in [5.41, 5.74) is 4.92. The maximum Gasteiger partial charge on any atom is 0.230 e. The molecule has 4 rings (SSSR count). The average molecular weight is 462 g/mol. The van der Waals surface area contributed by atoms with Crippen LogP contribution < -0.4 is 0 Å². The smallest absolute Gasteiger partial charge is 0.230 e. The van der Waals surface area contributed by atoms with E-state index in [2.05, 4.69) is 50.1 Å². The van der Waals surface area contributed by atoms with Crippen molar-refractivity contribution in [2.75, 3.05) is 32.9 Å². The molecular weight excluding hydrogens is 433 g/mol. The van der Waals surface area contributed by atoms with Crippen molar-refractivity contribution in [3.8, 4) is 0 Å². The Morgan fingerprint density at radius 3 is 2.83 bits per heavy atom. The van der Waals surface area contributed by atoms with Gasteiger partial charge in [0.2, 0.25) is 5.91 Å². The van der Waals surface area contributed by atoms with E-state index in [1.54, 1.807) is 0 Å². The number of hydrogen-bond acceptors (Lipinski definition) is 2. The van der Waals surface area contributed by atoms with E-state index in [1.807, 2.05) is 18.7 Å². The molecule has 1 aromatic carbocycles. The first kappa shape index (κ1) is 20.6. The van der Waals surface area contributed by atoms with E-state index in [-0.39, 0.29) is 24.5 Å². The van der Waals surface area contributed by atoms with E-state index >= 15 is 0 Å². The molecular formula is C23H29BrFN3O. The highest BCUT2D eigenvalue weighted by Gasteiger charge is 2.38. The lowest BCUT2D eigenvalue weighted by Crippen LogP contribution is -2.49. The molecule has 1 amide bonds. The number of aromatic amines is 1. The maximum absolute atomic E-state index is 13.2. The summed E-state index contributed by atoms with van der Waals surface area (Å²) in [5.74, 6) is 0.0513. The number of benzene rings is 1. The number of carbonyl (C=O) groups excluding carboxylic acids is 1. The Labute approximate surface area is 180 Å². The van der Waals surface area contributed by atoms with Gasteiger partial charge in [-0.1, -0.05) is 18.2 Å². The summed E-state index contributed by atoms with van der Waals surface area (Å²) in [6, 6.07) is 6.60. The molecule has 1 unspecified atom stereocenters. The van der Waals surface area contributed by atoms with Crippen LogP contribution in [-0.4, -0.2) is 59.6 Å². The molecule has 29 heavy (non-hydrogen) atoms. The van der Waals surface area contributed by atoms with Gasteiger partial charge in [0.1, 0.15) is 0 Å². The monoisotopic (exact) mass is 461 g/mol. The first-order chi connectivity index (χ1) is 14.1. The zero-order valence-electron chi connectivity index (χ0n) is 17.2. The van der Waals surface area contributed by atoms with Crippen LogP contribution in [0.2, 0.25) is 0 Å². The molecule has 0 saturated carbocycles. The van der Waals surface area contributed by atoms with Crippen molar-refractivity contribution >= 4 is 38.3 Å². The molecule has 0 fully saturated rings. The summed E-state index contributed by atoms with van der Waals surface area (Å²) >= 11 is 3.71. The van der Waals surface area contributed by atoms with Gasteiger partial charge in [0, 0.05) is 36.6 Å². The predicted octanol–water partition coefficient (Wildman–Crippen LogP) is 4.79. The number of H-pyrrole nitrogens is 1. The van der Waals surface area contributed by atoms with Crippen LogP contribution in [0.15, 0.2) is 28.9 Å². The van der Waals surface area contributed by atoms with Crippen LogP contribution in [-0.2, 0) is 11.2 Å². The lowest BCUT2D eigenvalue weighted by Gasteiger charge is -2.42. The predicted molar refractivity (Wildman–Crippen MR) is 120 cm³/mol. The lowest BCUT2D eigenvalue weighted by atomic mass is 9.79. The zero-order valence-corrected chi connectivity index (χ0v) is 18.8. The van der Waals surface area contributed by atoms with Crippen molar-refractivity contribution in [2.45, 2.75) is 39.2 Å². The molecule has 6 heteroatoms. The number of hydrogen-bond donors (Lipinski definition) is 1. The van der Waals surface area contributed by atoms with Crippen molar-refractivity contribution in [3.63, 3.8) is 0 Å². The van der Waals surface area contributed by atoms with Crippen LogP contribution in [0, 0.1) is 5.92 Å². The third-order valence-electron chi connectivity index (χ3n) is 6.42. The van der Waals surface area contributed by atoms with Crippen LogP contribution in [0.1, 0.15) is 37.8 Å². The molecule has 156 valence electrons. The van der Waals surface area contributed by atoms with Gasteiger partial charge in [-0.25, -0.2) is 0 Å². The third kappa shape index (κ3) is 3.66. The lowest BCUT2D eigenvalue weighted by molar-refractivity contribution is -0.134. The van der Waals surface area contributed by atoms with E-state index in [1.165, 1.54) is 22.1 Å². The van der Waals surface area contributed by atoms with Crippen LogP contribution in [0.4, 0.5) is 4.39 Å². The maximum atomic E-state index is 13.2. The van der Waals surface area contributed by atoms with Gasteiger partial charge in [-0.15, -0.1) is 0 Å². The zero-order chi connectivity index (χ0) is 20.5. The fourth-order valence-corrected chi connectivity index (χ4v) is 5.53. The quantitative estimate of drug-likeness (QED) is 0.602. The Morgan fingerprint density at radius 1 is 1.31 bits per heavy atom. The van der Waals surface area contributed by atoms with Gasteiger partial charge in [-0.2, -0.15) is 0 Å². The summed E-state index contributed by atoms with van der Waals surface area (Å²) in [6.07, 6.45) is 4.52. The summed E-state index contributed by atoms with van der Waals surface area (Å²) in [5, 5.41) is 1.27. The van der Waals surface area contributed by atoms with Gasteiger partial charge in [0.15, 0.2) is 0 Å². The Morgan fingerprint density at radius 2 is 2.10 bits per heavy atom. The fraction of sp³-hybridized carbons (Fsp3) is 0.522. The standard InChI is InChI=1S/C23H29BrFN3O/c1-3-27(4-2)23(29)15-12-17-16-8-7-9-19-21(16)18(22(24)26-19)13-20(17)28(14-15)11-6-5-10-25/h7-9,12,15,20,26H,3-6,10-11,13-14H2,1-2H3/t15-,20?/m1/s1. The molecule has 2 heterocycles. The minimum Gasteiger partial charge on any atom is -0.349 e. The van der Waals surface area contributed by atoms with Crippen LogP contribution in [0.3, 0.4) is 0 Å². The molecule has 2 aliphatic rings. The Bertz CT molecular complexity index is 934. The Kier molecular flexibility index (Phi) is 6.11. The number of rotatable bonds is 7. The SMILES string of the molecule is CCN(CC)C(=O)[C@@H]1C=C2c3cccc4[nH]c(Br)c(c34)CC2N(CCCCF)C1. The van der Waals surface area contributed by atoms with E-state index in [0.717, 1.165) is 42.6 Å². The Hall–Kier alpha value is -1.66. The topological polar surface area (TPSA) is 39.3 Å². The van der Waals surface area contributed by atoms with Crippen molar-refractivity contribution in [3.05, 3.63) is 40.0 Å². The highest BCUT2D eigenvalue weighted by atomic mass is 79.9. The van der Waals surface area contributed by atoms with Crippen molar-refractivity contribution in [1.82, 2.24) is 14.8 Å². The normalized spacial score (nSPS) is 21.2. The van der Waals surface area contributed by atoms with E-state index in [4.69, 9.17) is 0 Å². The molecule has 0 radical (unpaired) electrons. The summed E-state index contributed by atoms with van der Waals surface area (Å²) in [7, 11) is 0. The number of unbranched alkanes of at least 4 members (excludes halogenated alkanes) is 1. The second kappa shape index (κ2) is 8.60. The van der Waals surface area contributed by atoms with Gasteiger partial charge in [-0.3, -0.25) is 14.1 Å². The largest absolute Gasteiger partial charge is 0.349 e. The fourth-order valence-electron chi connectivity index (χ4n) is 4.95. The molecule has 1 aliphatic heterocycles. The molecule has 0 saturated heterocycles. The third-order valence-corrected chi connectivity index (χ3v) is 7.09. The average Bonchev–Trinajstić information content (AvgIpc) is 3.06. The number of amides is 1. The molecule has 1 aromatic heterocycles. The van der Waals surface area contributed by atoms with E-state index in [0.29, 0.717) is 13.0 Å². The van der Waals surface area contributed by atoms with E-state index in [9.17, 15) is 9.18 Å². The minimum absolute atomic E-state index is 0.147. The number of fused-ring (bicyclic) bond motifs is 2. The van der Waals surface area contributed by atoms with Crippen LogP contribution in [0.5, 0.6) is 0 Å². The summed E-state index contributed by atoms with van der Waals surface area (Å²) in [6.45, 7) is 6.77. The number of nitrogens with one attached hydrogen (secondary N) is 1. The molecule has 1 N–H and O–H groups in total. The van der Waals surface area contributed by atoms with Gasteiger partial charge >= 0.3 is 0 Å². The highest BCUT2D eigenvalue weighted by molar-refractivity contribution is 9.10. The molecule has 1 aliphatic carbocycles. The molecule has 0 spiro atoms. The number of nitrogens with zero attached hydrogens (tertiary/aromatic N) is 2. The number of halogens is 2. The first-order valence-electron chi connectivity index (χ1n) is 10.7. The molecule has 2 aromatic rings. The summed E-state index contributed by atoms with van der Waals surface area (Å²) in [4.78, 5) is 21.0. The molecule has 4 nitrogen and oxygen atoms in total. The van der Waals surface area contributed by atoms with Crippen molar-refractivity contribution in [1.29, 1.82) is 0 Å². The number of alkyl halides is 1. The van der Waals surface area contributed by atoms with E-state index < -0.39 is 0 Å². The number of carbonyl (C=O) groups is 1. The molecule has 2 atom stereocenters. The van der Waals surface area contributed by atoms with Crippen molar-refractivity contribution in [2.24, 2.45) is 5.92 Å². The minimum atomic E-state index is -0.282.